The lowest BCUT2D eigenvalue weighted by atomic mass is 9.95. The van der Waals surface area contributed by atoms with Gasteiger partial charge in [0.2, 0.25) is 5.91 Å². The molecule has 1 fully saturated rings. The third-order valence-corrected chi connectivity index (χ3v) is 3.63. The number of aliphatic hydroxyl groups excluding tert-OH is 1. The number of rotatable bonds is 6. The van der Waals surface area contributed by atoms with E-state index in [0.29, 0.717) is 12.8 Å². The average Bonchev–Trinajstić information content (AvgIpc) is 2.52. The maximum absolute atomic E-state index is 12.0. The predicted molar refractivity (Wildman–Crippen MR) is 72.9 cm³/mol. The molecule has 7 heteroatoms. The highest BCUT2D eigenvalue weighted by atomic mass is 16.3. The molecule has 1 atom stereocenters. The Hall–Kier alpha value is -1.63. The fraction of sp³-hybridized carbons (Fsp3) is 0.769. The normalized spacial score (nSPS) is 20.6. The second-order valence-electron chi connectivity index (χ2n) is 5.88. The van der Waals surface area contributed by atoms with Gasteiger partial charge in [0, 0.05) is 12.1 Å². The van der Waals surface area contributed by atoms with Gasteiger partial charge < -0.3 is 15.7 Å². The lowest BCUT2D eigenvalue weighted by Crippen LogP contribution is -2.51. The largest absolute Gasteiger partial charge is 0.396 e. The van der Waals surface area contributed by atoms with Crippen LogP contribution in [0.25, 0.3) is 0 Å². The molecular formula is C13H23N3O4. The van der Waals surface area contributed by atoms with E-state index in [9.17, 15) is 14.4 Å². The molecule has 1 aliphatic heterocycles. The Morgan fingerprint density at radius 2 is 2.05 bits per heavy atom. The van der Waals surface area contributed by atoms with Crippen LogP contribution in [0.1, 0.15) is 40.5 Å². The number of nitrogens with one attached hydrogen (secondary N) is 2. The van der Waals surface area contributed by atoms with Crippen molar-refractivity contribution in [3.05, 3.63) is 0 Å². The summed E-state index contributed by atoms with van der Waals surface area (Å²) in [7, 11) is 0. The first kappa shape index (κ1) is 16.4. The van der Waals surface area contributed by atoms with Crippen molar-refractivity contribution in [3.8, 4) is 0 Å². The van der Waals surface area contributed by atoms with Crippen LogP contribution >= 0.6 is 0 Å². The lowest BCUT2D eigenvalue weighted by molar-refractivity contribution is -0.134. The van der Waals surface area contributed by atoms with Gasteiger partial charge in [0.15, 0.2) is 0 Å². The number of nitrogens with zero attached hydrogens (tertiary/aromatic N) is 1. The zero-order chi connectivity index (χ0) is 15.6. The van der Waals surface area contributed by atoms with Crippen LogP contribution in [0.3, 0.4) is 0 Å². The number of amides is 4. The molecule has 7 nitrogen and oxygen atoms in total. The Kier molecular flexibility index (Phi) is 4.75. The zero-order valence-electron chi connectivity index (χ0n) is 12.4. The van der Waals surface area contributed by atoms with Crippen LogP contribution in [0, 0.1) is 0 Å². The van der Waals surface area contributed by atoms with Crippen LogP contribution in [-0.4, -0.2) is 52.1 Å². The van der Waals surface area contributed by atoms with Gasteiger partial charge in [-0.15, -0.1) is 0 Å². The molecule has 1 rings (SSSR count). The van der Waals surface area contributed by atoms with Crippen molar-refractivity contribution < 1.29 is 19.5 Å². The third kappa shape index (κ3) is 3.47. The second-order valence-corrected chi connectivity index (χ2v) is 5.88. The van der Waals surface area contributed by atoms with Crippen LogP contribution in [-0.2, 0) is 9.59 Å². The van der Waals surface area contributed by atoms with Gasteiger partial charge in [0.05, 0.1) is 0 Å². The van der Waals surface area contributed by atoms with Crippen LogP contribution < -0.4 is 10.6 Å². The van der Waals surface area contributed by atoms with E-state index < -0.39 is 28.9 Å². The van der Waals surface area contributed by atoms with Gasteiger partial charge in [-0.1, -0.05) is 6.92 Å². The van der Waals surface area contributed by atoms with Gasteiger partial charge in [-0.25, -0.2) is 4.79 Å². The number of aliphatic hydroxyl groups is 1. The standard InChI is InChI=1S/C13H23N3O4/c1-5-13(4,6-7-17)14-9(18)8-16-10(19)12(2,3)15-11(16)20/h17H,5-8H2,1-4H3,(H,14,18)(H,15,20). The molecule has 0 radical (unpaired) electrons. The summed E-state index contributed by atoms with van der Waals surface area (Å²) in [5.41, 5.74) is -1.52. The van der Waals surface area contributed by atoms with Gasteiger partial charge in [0.25, 0.3) is 5.91 Å². The second kappa shape index (κ2) is 5.78. The molecule has 0 saturated carbocycles. The Bertz CT molecular complexity index is 422. The fourth-order valence-corrected chi connectivity index (χ4v) is 2.06. The summed E-state index contributed by atoms with van der Waals surface area (Å²) < 4.78 is 0. The maximum atomic E-state index is 12.0. The van der Waals surface area contributed by atoms with Crippen molar-refractivity contribution in [3.63, 3.8) is 0 Å². The van der Waals surface area contributed by atoms with Crippen molar-refractivity contribution in [1.29, 1.82) is 0 Å². The molecule has 1 aliphatic rings. The lowest BCUT2D eigenvalue weighted by Gasteiger charge is -2.29. The number of carbonyl (C=O) groups excluding carboxylic acids is 3. The number of hydrogen-bond acceptors (Lipinski definition) is 4. The molecule has 0 aromatic rings. The van der Waals surface area contributed by atoms with Crippen molar-refractivity contribution in [1.82, 2.24) is 15.5 Å². The maximum Gasteiger partial charge on any atom is 0.325 e. The van der Waals surface area contributed by atoms with Crippen LogP contribution in [0.5, 0.6) is 0 Å². The highest BCUT2D eigenvalue weighted by molar-refractivity contribution is 6.08. The van der Waals surface area contributed by atoms with E-state index in [1.165, 1.54) is 0 Å². The van der Waals surface area contributed by atoms with Gasteiger partial charge in [0.1, 0.15) is 12.1 Å². The topological polar surface area (TPSA) is 98.7 Å². The molecule has 20 heavy (non-hydrogen) atoms. The van der Waals surface area contributed by atoms with Crippen molar-refractivity contribution in [2.45, 2.75) is 51.6 Å². The smallest absolute Gasteiger partial charge is 0.325 e. The number of urea groups is 1. The summed E-state index contributed by atoms with van der Waals surface area (Å²) in [6.07, 6.45) is 1.06. The van der Waals surface area contributed by atoms with E-state index in [1.54, 1.807) is 13.8 Å². The molecule has 0 aliphatic carbocycles. The van der Waals surface area contributed by atoms with Crippen LogP contribution in [0.2, 0.25) is 0 Å². The van der Waals surface area contributed by atoms with Crippen LogP contribution in [0.15, 0.2) is 0 Å². The number of imide groups is 1. The molecule has 114 valence electrons. The molecule has 1 unspecified atom stereocenters. The summed E-state index contributed by atoms with van der Waals surface area (Å²) in [5, 5.41) is 14.3. The predicted octanol–water partition coefficient (Wildman–Crippen LogP) is -0.0159. The minimum atomic E-state index is -0.976. The van der Waals surface area contributed by atoms with Crippen molar-refractivity contribution in [2.24, 2.45) is 0 Å². The molecular weight excluding hydrogens is 262 g/mol. The van der Waals surface area contributed by atoms with Crippen molar-refractivity contribution >= 4 is 17.8 Å². The van der Waals surface area contributed by atoms with E-state index in [0.717, 1.165) is 4.90 Å². The average molecular weight is 285 g/mol. The zero-order valence-corrected chi connectivity index (χ0v) is 12.4. The van der Waals surface area contributed by atoms with E-state index in [4.69, 9.17) is 5.11 Å². The van der Waals surface area contributed by atoms with E-state index in [1.807, 2.05) is 13.8 Å². The van der Waals surface area contributed by atoms with Gasteiger partial charge >= 0.3 is 6.03 Å². The Morgan fingerprint density at radius 3 is 2.45 bits per heavy atom. The highest BCUT2D eigenvalue weighted by Gasteiger charge is 2.45. The number of hydrogen-bond donors (Lipinski definition) is 3. The highest BCUT2D eigenvalue weighted by Crippen LogP contribution is 2.17. The molecule has 0 spiro atoms. The monoisotopic (exact) mass is 285 g/mol. The summed E-state index contributed by atoms with van der Waals surface area (Å²) in [6.45, 7) is 6.54. The SMILES string of the molecule is CCC(C)(CCO)NC(=O)CN1C(=O)NC(C)(C)C1=O. The first-order valence-corrected chi connectivity index (χ1v) is 6.71. The van der Waals surface area contributed by atoms with Gasteiger partial charge in [-0.3, -0.25) is 14.5 Å². The Balaban J connectivity index is 2.68. The fourth-order valence-electron chi connectivity index (χ4n) is 2.06. The Labute approximate surface area is 118 Å². The first-order chi connectivity index (χ1) is 9.15. The van der Waals surface area contributed by atoms with Gasteiger partial charge in [-0.05, 0) is 33.6 Å². The molecule has 0 bridgehead atoms. The minimum Gasteiger partial charge on any atom is -0.396 e. The molecule has 1 saturated heterocycles. The molecule has 4 amide bonds. The summed E-state index contributed by atoms with van der Waals surface area (Å²) in [4.78, 5) is 36.5. The molecule has 0 aromatic heterocycles. The van der Waals surface area contributed by atoms with Gasteiger partial charge in [-0.2, -0.15) is 0 Å². The quantitative estimate of drug-likeness (QED) is 0.597. The van der Waals surface area contributed by atoms with Crippen LogP contribution in [0.4, 0.5) is 4.79 Å². The minimum absolute atomic E-state index is 0.0409. The summed E-state index contributed by atoms with van der Waals surface area (Å²) in [5.74, 6) is -0.831. The first-order valence-electron chi connectivity index (χ1n) is 6.71. The molecule has 0 aromatic carbocycles. The summed E-state index contributed by atoms with van der Waals surface area (Å²) >= 11 is 0. The number of carbonyl (C=O) groups is 3. The molecule has 1 heterocycles. The van der Waals surface area contributed by atoms with E-state index in [2.05, 4.69) is 10.6 Å². The Morgan fingerprint density at radius 1 is 1.45 bits per heavy atom. The van der Waals surface area contributed by atoms with E-state index >= 15 is 0 Å². The summed E-state index contributed by atoms with van der Waals surface area (Å²) in [6, 6.07) is -0.560. The van der Waals surface area contributed by atoms with Crippen molar-refractivity contribution in [2.75, 3.05) is 13.2 Å². The van der Waals surface area contributed by atoms with E-state index in [-0.39, 0.29) is 13.2 Å². The third-order valence-electron chi connectivity index (χ3n) is 3.63. The molecule has 3 N–H and O–H groups in total.